The zero-order chi connectivity index (χ0) is 12.3. The van der Waals surface area contributed by atoms with Crippen molar-refractivity contribution in [3.63, 3.8) is 0 Å². The second-order valence-corrected chi connectivity index (χ2v) is 5.46. The summed E-state index contributed by atoms with van der Waals surface area (Å²) in [5.41, 5.74) is 5.97. The largest absolute Gasteiger partial charge is 0.353 e. The van der Waals surface area contributed by atoms with Gasteiger partial charge in [0.05, 0.1) is 6.04 Å². The van der Waals surface area contributed by atoms with E-state index in [1.165, 1.54) is 6.42 Å². The zero-order valence-electron chi connectivity index (χ0n) is 10.9. The predicted octanol–water partition coefficient (Wildman–Crippen LogP) is 0.570. The Morgan fingerprint density at radius 2 is 2.00 bits per heavy atom. The van der Waals surface area contributed by atoms with Gasteiger partial charge in [0.2, 0.25) is 5.91 Å². The predicted molar refractivity (Wildman–Crippen MR) is 66.1 cm³/mol. The molecular formula is C12H25N3O. The summed E-state index contributed by atoms with van der Waals surface area (Å²) in [6.07, 6.45) is 3.58. The van der Waals surface area contributed by atoms with Crippen LogP contribution in [-0.2, 0) is 4.79 Å². The Hall–Kier alpha value is -0.610. The van der Waals surface area contributed by atoms with E-state index in [2.05, 4.69) is 24.3 Å². The Kier molecular flexibility index (Phi) is 4.33. The maximum absolute atomic E-state index is 11.7. The molecule has 0 bridgehead atoms. The molecule has 1 rings (SSSR count). The second-order valence-electron chi connectivity index (χ2n) is 5.46. The maximum atomic E-state index is 11.7. The summed E-state index contributed by atoms with van der Waals surface area (Å²) < 4.78 is 0. The van der Waals surface area contributed by atoms with Gasteiger partial charge in [0.25, 0.3) is 0 Å². The van der Waals surface area contributed by atoms with Crippen LogP contribution in [0.4, 0.5) is 0 Å². The van der Waals surface area contributed by atoms with Crippen LogP contribution in [0.2, 0.25) is 0 Å². The highest BCUT2D eigenvalue weighted by atomic mass is 16.2. The van der Waals surface area contributed by atoms with Gasteiger partial charge in [-0.15, -0.1) is 0 Å². The van der Waals surface area contributed by atoms with Crippen molar-refractivity contribution in [2.45, 2.75) is 44.7 Å². The van der Waals surface area contributed by atoms with E-state index in [0.29, 0.717) is 0 Å². The van der Waals surface area contributed by atoms with Gasteiger partial charge in [-0.05, 0) is 39.3 Å². The fourth-order valence-electron chi connectivity index (χ4n) is 2.04. The number of amides is 1. The van der Waals surface area contributed by atoms with Crippen LogP contribution < -0.4 is 11.1 Å². The second kappa shape index (κ2) is 5.15. The van der Waals surface area contributed by atoms with E-state index in [4.69, 9.17) is 5.73 Å². The molecule has 0 radical (unpaired) electrons. The van der Waals surface area contributed by atoms with Gasteiger partial charge < -0.3 is 16.0 Å². The Morgan fingerprint density at radius 1 is 1.44 bits per heavy atom. The number of carbonyl (C=O) groups is 1. The van der Waals surface area contributed by atoms with Gasteiger partial charge >= 0.3 is 0 Å². The third-order valence-electron chi connectivity index (χ3n) is 3.85. The monoisotopic (exact) mass is 227 g/mol. The number of nitrogens with two attached hydrogens (primary N) is 1. The van der Waals surface area contributed by atoms with E-state index in [0.717, 1.165) is 19.4 Å². The Labute approximate surface area is 98.6 Å². The highest BCUT2D eigenvalue weighted by Crippen LogP contribution is 2.35. The van der Waals surface area contributed by atoms with Crippen molar-refractivity contribution in [1.29, 1.82) is 0 Å². The smallest absolute Gasteiger partial charge is 0.237 e. The van der Waals surface area contributed by atoms with Crippen LogP contribution in [0, 0.1) is 5.92 Å². The minimum absolute atomic E-state index is 0.0249. The van der Waals surface area contributed by atoms with Gasteiger partial charge in [0, 0.05) is 12.1 Å². The quantitative estimate of drug-likeness (QED) is 0.722. The van der Waals surface area contributed by atoms with E-state index >= 15 is 0 Å². The molecule has 0 aliphatic heterocycles. The number of likely N-dealkylation sites (N-methyl/N-ethyl adjacent to an activating group) is 1. The number of rotatable bonds is 5. The average molecular weight is 227 g/mol. The lowest BCUT2D eigenvalue weighted by atomic mass is 9.75. The average Bonchev–Trinajstić information content (AvgIpc) is 2.13. The van der Waals surface area contributed by atoms with Crippen LogP contribution in [0.25, 0.3) is 0 Å². The molecule has 4 heteroatoms. The zero-order valence-corrected chi connectivity index (χ0v) is 10.9. The molecule has 94 valence electrons. The third kappa shape index (κ3) is 2.74. The molecule has 1 aliphatic rings. The lowest BCUT2D eigenvalue weighted by Gasteiger charge is -2.47. The summed E-state index contributed by atoms with van der Waals surface area (Å²) in [7, 11) is 4.15. The first-order valence-electron chi connectivity index (χ1n) is 6.10. The van der Waals surface area contributed by atoms with E-state index in [9.17, 15) is 4.79 Å². The first kappa shape index (κ1) is 13.5. The lowest BCUT2D eigenvalue weighted by Crippen LogP contribution is -2.59. The van der Waals surface area contributed by atoms with Crippen molar-refractivity contribution in [2.75, 3.05) is 20.6 Å². The third-order valence-corrected chi connectivity index (χ3v) is 3.85. The summed E-state index contributed by atoms with van der Waals surface area (Å²) >= 11 is 0. The molecule has 1 saturated carbocycles. The molecule has 0 aromatic rings. The molecule has 0 spiro atoms. The Bertz CT molecular complexity index is 247. The first-order chi connectivity index (χ1) is 7.39. The number of hydrogen-bond donors (Lipinski definition) is 2. The molecule has 16 heavy (non-hydrogen) atoms. The molecule has 0 aromatic carbocycles. The molecule has 0 heterocycles. The van der Waals surface area contributed by atoms with Crippen molar-refractivity contribution in [2.24, 2.45) is 11.7 Å². The van der Waals surface area contributed by atoms with Crippen LogP contribution in [0.15, 0.2) is 0 Å². The lowest BCUT2D eigenvalue weighted by molar-refractivity contribution is -0.124. The summed E-state index contributed by atoms with van der Waals surface area (Å²) in [6.45, 7) is 4.66. The fraction of sp³-hybridized carbons (Fsp3) is 0.917. The summed E-state index contributed by atoms with van der Waals surface area (Å²) in [4.78, 5) is 14.0. The molecule has 1 amide bonds. The molecule has 3 N–H and O–H groups in total. The highest BCUT2D eigenvalue weighted by Gasteiger charge is 2.39. The van der Waals surface area contributed by atoms with Gasteiger partial charge in [0.1, 0.15) is 0 Å². The van der Waals surface area contributed by atoms with E-state index in [1.54, 1.807) is 0 Å². The number of hydrogen-bond acceptors (Lipinski definition) is 3. The van der Waals surface area contributed by atoms with Crippen LogP contribution in [0.1, 0.15) is 33.1 Å². The molecule has 1 atom stereocenters. The van der Waals surface area contributed by atoms with Crippen molar-refractivity contribution in [3.05, 3.63) is 0 Å². The molecule has 4 nitrogen and oxygen atoms in total. The molecular weight excluding hydrogens is 202 g/mol. The highest BCUT2D eigenvalue weighted by molar-refractivity contribution is 5.81. The van der Waals surface area contributed by atoms with Crippen LogP contribution in [0.3, 0.4) is 0 Å². The van der Waals surface area contributed by atoms with Gasteiger partial charge in [-0.25, -0.2) is 0 Å². The molecule has 0 saturated heterocycles. The minimum atomic E-state index is -0.390. The number of nitrogens with one attached hydrogen (secondary N) is 1. The molecule has 1 aliphatic carbocycles. The fourth-order valence-corrected chi connectivity index (χ4v) is 2.04. The summed E-state index contributed by atoms with van der Waals surface area (Å²) in [5.74, 6) is 0.167. The SMILES string of the molecule is CC(C)C(N)C(=O)NCC1(N(C)C)CCC1. The molecule has 1 unspecified atom stereocenters. The Morgan fingerprint density at radius 3 is 2.31 bits per heavy atom. The van der Waals surface area contributed by atoms with Gasteiger partial charge in [-0.3, -0.25) is 4.79 Å². The molecule has 0 aromatic heterocycles. The standard InChI is InChI=1S/C12H25N3O/c1-9(2)10(13)11(16)14-8-12(15(3)4)6-5-7-12/h9-10H,5-8,13H2,1-4H3,(H,14,16). The maximum Gasteiger partial charge on any atom is 0.237 e. The minimum Gasteiger partial charge on any atom is -0.353 e. The number of carbonyl (C=O) groups excluding carboxylic acids is 1. The van der Waals surface area contributed by atoms with Crippen LogP contribution >= 0.6 is 0 Å². The molecule has 1 fully saturated rings. The Balaban J connectivity index is 2.42. The van der Waals surface area contributed by atoms with Crippen molar-refractivity contribution < 1.29 is 4.79 Å². The van der Waals surface area contributed by atoms with Crippen molar-refractivity contribution in [3.8, 4) is 0 Å². The summed E-state index contributed by atoms with van der Waals surface area (Å²) in [5, 5.41) is 2.98. The van der Waals surface area contributed by atoms with E-state index in [1.807, 2.05) is 13.8 Å². The van der Waals surface area contributed by atoms with Gasteiger partial charge in [-0.2, -0.15) is 0 Å². The topological polar surface area (TPSA) is 58.4 Å². The van der Waals surface area contributed by atoms with Crippen LogP contribution in [-0.4, -0.2) is 43.0 Å². The first-order valence-corrected chi connectivity index (χ1v) is 6.10. The van der Waals surface area contributed by atoms with Crippen molar-refractivity contribution in [1.82, 2.24) is 10.2 Å². The van der Waals surface area contributed by atoms with Gasteiger partial charge in [-0.1, -0.05) is 13.8 Å². The van der Waals surface area contributed by atoms with E-state index in [-0.39, 0.29) is 23.4 Å². The van der Waals surface area contributed by atoms with Crippen molar-refractivity contribution >= 4 is 5.91 Å². The van der Waals surface area contributed by atoms with Crippen LogP contribution in [0.5, 0.6) is 0 Å². The normalized spacial score (nSPS) is 20.7. The summed E-state index contributed by atoms with van der Waals surface area (Å²) in [6, 6.07) is -0.390. The van der Waals surface area contributed by atoms with Gasteiger partial charge in [0.15, 0.2) is 0 Å². The van der Waals surface area contributed by atoms with E-state index < -0.39 is 0 Å². The number of nitrogens with zero attached hydrogens (tertiary/aromatic N) is 1.